The number of hydrazine groups is 1. The lowest BCUT2D eigenvalue weighted by Gasteiger charge is -2.35. The van der Waals surface area contributed by atoms with Crippen LogP contribution in [0.3, 0.4) is 0 Å². The maximum atomic E-state index is 14.2. The van der Waals surface area contributed by atoms with Gasteiger partial charge in [0.05, 0.1) is 47.4 Å². The summed E-state index contributed by atoms with van der Waals surface area (Å²) >= 11 is 1.64. The van der Waals surface area contributed by atoms with E-state index in [4.69, 9.17) is 24.2 Å². The second-order valence-corrected chi connectivity index (χ2v) is 19.2. The average molecular weight is 801 g/mol. The highest BCUT2D eigenvalue weighted by Crippen LogP contribution is 2.46. The number of esters is 1. The summed E-state index contributed by atoms with van der Waals surface area (Å²) in [6.07, 6.45) is 3.62. The van der Waals surface area contributed by atoms with Gasteiger partial charge in [-0.1, -0.05) is 33.8 Å². The van der Waals surface area contributed by atoms with Gasteiger partial charge in [-0.2, -0.15) is 0 Å². The lowest BCUT2D eigenvalue weighted by Crippen LogP contribution is -2.60. The number of aromatic nitrogens is 2. The quantitative estimate of drug-likeness (QED) is 0.236. The first kappa shape index (κ1) is 41.4. The number of fused-ring (bicyclic) bond motifs is 5. The van der Waals surface area contributed by atoms with Crippen molar-refractivity contribution in [1.82, 2.24) is 25.3 Å². The van der Waals surface area contributed by atoms with E-state index in [1.807, 2.05) is 19.2 Å². The first-order valence-electron chi connectivity index (χ1n) is 20.6. The number of nitrogens with one attached hydrogen (secondary N) is 2. The molecule has 4 aliphatic rings. The average Bonchev–Trinajstić information content (AvgIpc) is 3.45. The number of carbonyl (C=O) groups excluding carboxylic acids is 3. The zero-order valence-electron chi connectivity index (χ0n) is 35.0. The van der Waals surface area contributed by atoms with Crippen LogP contribution in [0.2, 0.25) is 0 Å². The Kier molecular flexibility index (Phi) is 12.0. The number of ether oxygens (including phenoxy) is 3. The van der Waals surface area contributed by atoms with Crippen LogP contribution in [-0.2, 0) is 41.6 Å². The Morgan fingerprint density at radius 1 is 1.18 bits per heavy atom. The number of cyclic esters (lactones) is 1. The van der Waals surface area contributed by atoms with Crippen molar-refractivity contribution in [3.8, 4) is 11.3 Å². The van der Waals surface area contributed by atoms with Crippen LogP contribution in [0.25, 0.3) is 22.2 Å². The number of aliphatic imine (C=N–C) groups is 1. The minimum Gasteiger partial charge on any atom is -0.464 e. The molecule has 0 radical (unpaired) electrons. The van der Waals surface area contributed by atoms with E-state index < -0.39 is 23.5 Å². The van der Waals surface area contributed by atoms with Gasteiger partial charge in [-0.05, 0) is 94.2 Å². The maximum absolute atomic E-state index is 14.2. The van der Waals surface area contributed by atoms with Gasteiger partial charge >= 0.3 is 5.97 Å². The Labute approximate surface area is 341 Å². The van der Waals surface area contributed by atoms with Gasteiger partial charge < -0.3 is 24.1 Å². The summed E-state index contributed by atoms with van der Waals surface area (Å²) < 4.78 is 20.6. The van der Waals surface area contributed by atoms with E-state index in [0.717, 1.165) is 49.8 Å². The molecule has 2 unspecified atom stereocenters. The number of thioether (sulfide) groups is 1. The van der Waals surface area contributed by atoms with Crippen LogP contribution in [0.15, 0.2) is 41.5 Å². The number of hydrogen-bond donors (Lipinski definition) is 2. The van der Waals surface area contributed by atoms with Gasteiger partial charge in [0.2, 0.25) is 5.91 Å². The Hall–Kier alpha value is -3.78. The third-order valence-corrected chi connectivity index (χ3v) is 13.2. The summed E-state index contributed by atoms with van der Waals surface area (Å²) in [5, 5.41) is 6.54. The van der Waals surface area contributed by atoms with Crippen LogP contribution >= 0.6 is 11.8 Å². The third-order valence-electron chi connectivity index (χ3n) is 12.1. The number of nitrogens with zero attached hydrogens (tertiary/aromatic N) is 4. The summed E-state index contributed by atoms with van der Waals surface area (Å²) in [6, 6.07) is 9.10. The smallest absolute Gasteiger partial charge is 0.324 e. The molecule has 2 aromatic heterocycles. The predicted molar refractivity (Wildman–Crippen MR) is 224 cm³/mol. The summed E-state index contributed by atoms with van der Waals surface area (Å²) in [7, 11) is 1.70. The molecule has 13 heteroatoms. The highest BCUT2D eigenvalue weighted by atomic mass is 32.2. The number of benzene rings is 1. The topological polar surface area (TPSA) is 136 Å². The first-order valence-corrected chi connectivity index (χ1v) is 21.5. The van der Waals surface area contributed by atoms with Crippen molar-refractivity contribution in [1.29, 1.82) is 0 Å². The van der Waals surface area contributed by atoms with Crippen LogP contribution in [0.1, 0.15) is 104 Å². The van der Waals surface area contributed by atoms with E-state index in [0.29, 0.717) is 39.0 Å². The molecule has 5 heterocycles. The predicted octanol–water partition coefficient (Wildman–Crippen LogP) is 6.81. The second-order valence-electron chi connectivity index (χ2n) is 18.2. The van der Waals surface area contributed by atoms with Crippen molar-refractivity contribution in [3.05, 3.63) is 53.3 Å². The van der Waals surface area contributed by atoms with Gasteiger partial charge in [0, 0.05) is 66.4 Å². The van der Waals surface area contributed by atoms with E-state index in [1.54, 1.807) is 18.9 Å². The highest BCUT2D eigenvalue weighted by molar-refractivity contribution is 8.14. The molecular formula is C44H60N6O6S. The number of rotatable bonds is 8. The Morgan fingerprint density at radius 3 is 2.67 bits per heavy atom. The summed E-state index contributed by atoms with van der Waals surface area (Å²) in [4.78, 5) is 51.5. The molecule has 1 saturated heterocycles. The summed E-state index contributed by atoms with van der Waals surface area (Å²) in [5.74, 6) is 0.395. The van der Waals surface area contributed by atoms with Gasteiger partial charge in [-0.25, -0.2) is 5.43 Å². The molecule has 6 bridgehead atoms. The number of methoxy groups -OCH3 is 1. The minimum atomic E-state index is -0.813. The first-order chi connectivity index (χ1) is 27.0. The molecule has 2 N–H and O–H groups in total. The summed E-state index contributed by atoms with van der Waals surface area (Å²) in [5.41, 5.74) is 8.56. The molecule has 7 atom stereocenters. The van der Waals surface area contributed by atoms with Crippen LogP contribution in [-0.4, -0.2) is 87.7 Å². The molecule has 1 aliphatic carbocycles. The highest BCUT2D eigenvalue weighted by Gasteiger charge is 2.49. The molecule has 1 saturated carbocycles. The molecule has 2 amide bonds. The molecule has 57 heavy (non-hydrogen) atoms. The van der Waals surface area contributed by atoms with E-state index in [1.165, 1.54) is 5.01 Å². The largest absolute Gasteiger partial charge is 0.464 e. The Bertz CT molecular complexity index is 2030. The molecule has 1 aromatic carbocycles. The molecule has 3 aromatic rings. The van der Waals surface area contributed by atoms with Crippen molar-refractivity contribution in [3.63, 3.8) is 0 Å². The molecule has 0 spiro atoms. The number of amides is 2. The number of hydrogen-bond acceptors (Lipinski definition) is 10. The van der Waals surface area contributed by atoms with Crippen molar-refractivity contribution >= 4 is 45.5 Å². The maximum Gasteiger partial charge on any atom is 0.324 e. The molecule has 3 aliphatic heterocycles. The lowest BCUT2D eigenvalue weighted by molar-refractivity contribution is -0.155. The van der Waals surface area contributed by atoms with E-state index in [9.17, 15) is 14.4 Å². The van der Waals surface area contributed by atoms with Gasteiger partial charge in [-0.15, -0.1) is 11.8 Å². The number of pyridine rings is 1. The zero-order valence-corrected chi connectivity index (χ0v) is 35.8. The van der Waals surface area contributed by atoms with Crippen molar-refractivity contribution < 1.29 is 28.6 Å². The van der Waals surface area contributed by atoms with Crippen LogP contribution in [0, 0.1) is 23.2 Å². The molecular weight excluding hydrogens is 741 g/mol. The van der Waals surface area contributed by atoms with Gasteiger partial charge in [0.25, 0.3) is 5.91 Å². The van der Waals surface area contributed by atoms with Crippen molar-refractivity contribution in [2.45, 2.75) is 117 Å². The van der Waals surface area contributed by atoms with Gasteiger partial charge in [-0.3, -0.25) is 29.4 Å². The van der Waals surface area contributed by atoms with Crippen LogP contribution in [0.4, 0.5) is 0 Å². The van der Waals surface area contributed by atoms with Crippen molar-refractivity contribution in [2.75, 3.05) is 32.6 Å². The van der Waals surface area contributed by atoms with E-state index in [-0.39, 0.29) is 60.3 Å². The molecule has 12 nitrogen and oxygen atoms in total. The number of carbonyl (C=O) groups is 3. The fourth-order valence-corrected chi connectivity index (χ4v) is 9.66. The monoisotopic (exact) mass is 800 g/mol. The van der Waals surface area contributed by atoms with Crippen molar-refractivity contribution in [2.24, 2.45) is 28.2 Å². The Balaban J connectivity index is 1.35. The normalized spacial score (nSPS) is 27.1. The third kappa shape index (κ3) is 8.96. The standard InChI is InChI=1S/C44H60N6O6S/c1-25-26(2)37(25)40(51)47-33-21-36-46-34(23-57-36)28-14-15-35-30(20-28)31(22-44(7,8)24-55-42(53)32-13-11-17-50(48-32)41(33)52)39(49(35)18-19-56-43(4,5)6)29-12-10-16-45-38(29)27(3)54-9/h10,12,14-16,20,25-27,32-34,37,48H,11,13,17-19,21-24H2,1-9H3,(H,47,51)/t25-,26+,27-,32-,33-,34?,37?/m0/s1. The zero-order chi connectivity index (χ0) is 40.8. The van der Waals surface area contributed by atoms with E-state index in [2.05, 4.69) is 88.0 Å². The van der Waals surface area contributed by atoms with Crippen LogP contribution < -0.4 is 10.7 Å². The van der Waals surface area contributed by atoms with Gasteiger partial charge in [0.15, 0.2) is 0 Å². The lowest BCUT2D eigenvalue weighted by atomic mass is 9.84. The minimum absolute atomic E-state index is 0.103. The molecule has 2 fully saturated rings. The van der Waals surface area contributed by atoms with Gasteiger partial charge in [0.1, 0.15) is 12.1 Å². The fourth-order valence-electron chi connectivity index (χ4n) is 8.55. The molecule has 7 rings (SSSR count). The second kappa shape index (κ2) is 16.5. The fraction of sp³-hybridized carbons (Fsp3) is 0.614. The molecule has 308 valence electrons. The Morgan fingerprint density at radius 2 is 1.95 bits per heavy atom. The SMILES string of the molecule is CO[C@@H](C)c1ncccc1-c1c2c3cc(ccc3n1CCOC(C)(C)C)C1CSC(=N1)C[C@H](NC(=O)C1[C@@H](C)[C@H]1C)C(=O)N1CCC[C@H](N1)C(=O)OCC(C)(C)C2. The van der Waals surface area contributed by atoms with E-state index >= 15 is 0 Å². The van der Waals surface area contributed by atoms with Crippen LogP contribution in [0.5, 0.6) is 0 Å². The summed E-state index contributed by atoms with van der Waals surface area (Å²) in [6.45, 7) is 18.3.